The number of benzene rings is 1. The van der Waals surface area contributed by atoms with Gasteiger partial charge in [-0.25, -0.2) is 4.68 Å². The second-order valence-corrected chi connectivity index (χ2v) is 6.84. The number of hydrogen-bond acceptors (Lipinski definition) is 5. The third-order valence-electron chi connectivity index (χ3n) is 4.51. The smallest absolute Gasteiger partial charge is 0.246 e. The zero-order chi connectivity index (χ0) is 19.2. The highest BCUT2D eigenvalue weighted by atomic mass is 16.7. The Balaban J connectivity index is 1.59. The van der Waals surface area contributed by atoms with Crippen LogP contribution in [0.3, 0.4) is 0 Å². The summed E-state index contributed by atoms with van der Waals surface area (Å²) in [5, 5.41) is 11.2. The number of aryl methyl sites for hydroxylation is 1. The van der Waals surface area contributed by atoms with Crippen molar-refractivity contribution >= 4 is 5.91 Å². The second-order valence-electron chi connectivity index (χ2n) is 6.84. The molecule has 1 aliphatic rings. The summed E-state index contributed by atoms with van der Waals surface area (Å²) < 4.78 is 13.0. The molecule has 2 aromatic rings. The van der Waals surface area contributed by atoms with Crippen LogP contribution in [0, 0.1) is 6.92 Å². The standard InChI is InChI=1S/C20H26N4O3/c1-14(2)20(25)21-11-16-7-8-18(10-15(16)3)24-12-17(22-23-24)13-27-19-6-4-5-9-26-19/h7-8,10,12,19H,1,4-6,9,11,13H2,2-3H3,(H,21,25). The minimum absolute atomic E-state index is 0.138. The molecule has 1 aromatic carbocycles. The molecule has 1 unspecified atom stereocenters. The van der Waals surface area contributed by atoms with E-state index >= 15 is 0 Å². The largest absolute Gasteiger partial charge is 0.353 e. The first-order chi connectivity index (χ1) is 13.0. The molecule has 0 aliphatic carbocycles. The highest BCUT2D eigenvalue weighted by molar-refractivity contribution is 5.92. The molecule has 0 bridgehead atoms. The monoisotopic (exact) mass is 370 g/mol. The average Bonchev–Trinajstić information content (AvgIpc) is 3.15. The number of nitrogens with zero attached hydrogens (tertiary/aromatic N) is 3. The normalized spacial score (nSPS) is 16.9. The lowest BCUT2D eigenvalue weighted by Crippen LogP contribution is -2.23. The highest BCUT2D eigenvalue weighted by Gasteiger charge is 2.15. The van der Waals surface area contributed by atoms with Gasteiger partial charge in [-0.2, -0.15) is 0 Å². The predicted octanol–water partition coefficient (Wildman–Crippen LogP) is 2.81. The Bertz CT molecular complexity index is 809. The molecule has 144 valence electrons. The SMILES string of the molecule is C=C(C)C(=O)NCc1ccc(-n2cc(COC3CCCCO3)nn2)cc1C. The third-order valence-corrected chi connectivity index (χ3v) is 4.51. The number of carbonyl (C=O) groups excluding carboxylic acids is 1. The van der Waals surface area contributed by atoms with Crippen LogP contribution in [0.4, 0.5) is 0 Å². The molecule has 1 aromatic heterocycles. The molecule has 1 aliphatic heterocycles. The van der Waals surface area contributed by atoms with E-state index in [1.807, 2.05) is 31.3 Å². The van der Waals surface area contributed by atoms with Crippen LogP contribution in [0.2, 0.25) is 0 Å². The lowest BCUT2D eigenvalue weighted by molar-refractivity contribution is -0.169. The molecule has 3 rings (SSSR count). The predicted molar refractivity (Wildman–Crippen MR) is 101 cm³/mol. The maximum Gasteiger partial charge on any atom is 0.246 e. The summed E-state index contributed by atoms with van der Waals surface area (Å²) in [4.78, 5) is 11.6. The van der Waals surface area contributed by atoms with E-state index in [2.05, 4.69) is 22.2 Å². The highest BCUT2D eigenvalue weighted by Crippen LogP contribution is 2.17. The van der Waals surface area contributed by atoms with Crippen molar-refractivity contribution in [2.24, 2.45) is 0 Å². The van der Waals surface area contributed by atoms with Gasteiger partial charge in [-0.3, -0.25) is 4.79 Å². The Morgan fingerprint density at radius 1 is 1.44 bits per heavy atom. The lowest BCUT2D eigenvalue weighted by atomic mass is 10.1. The van der Waals surface area contributed by atoms with Crippen molar-refractivity contribution in [2.75, 3.05) is 6.61 Å². The van der Waals surface area contributed by atoms with Gasteiger partial charge in [-0.1, -0.05) is 17.9 Å². The van der Waals surface area contributed by atoms with E-state index in [1.165, 1.54) is 0 Å². The van der Waals surface area contributed by atoms with Crippen molar-refractivity contribution in [3.63, 3.8) is 0 Å². The van der Waals surface area contributed by atoms with Crippen LogP contribution in [0.1, 0.15) is 43.0 Å². The van der Waals surface area contributed by atoms with Gasteiger partial charge in [-0.05, 0) is 56.4 Å². The van der Waals surface area contributed by atoms with Crippen LogP contribution in [-0.4, -0.2) is 33.8 Å². The number of hydrogen-bond donors (Lipinski definition) is 1. The molecule has 0 radical (unpaired) electrons. The molecule has 2 heterocycles. The summed E-state index contributed by atoms with van der Waals surface area (Å²) in [5.41, 5.74) is 4.29. The Kier molecular flexibility index (Phi) is 6.36. The molecular weight excluding hydrogens is 344 g/mol. The topological polar surface area (TPSA) is 78.3 Å². The van der Waals surface area contributed by atoms with Crippen molar-refractivity contribution in [3.05, 3.63) is 53.4 Å². The van der Waals surface area contributed by atoms with Gasteiger partial charge in [-0.15, -0.1) is 5.10 Å². The van der Waals surface area contributed by atoms with Crippen LogP contribution in [0.25, 0.3) is 5.69 Å². The van der Waals surface area contributed by atoms with E-state index < -0.39 is 0 Å². The summed E-state index contributed by atoms with van der Waals surface area (Å²) in [7, 11) is 0. The third kappa shape index (κ3) is 5.24. The Hall–Kier alpha value is -2.51. The fraction of sp³-hybridized carbons (Fsp3) is 0.450. The Morgan fingerprint density at radius 2 is 2.30 bits per heavy atom. The van der Waals surface area contributed by atoms with Gasteiger partial charge in [0.2, 0.25) is 5.91 Å². The minimum Gasteiger partial charge on any atom is -0.353 e. The lowest BCUT2D eigenvalue weighted by Gasteiger charge is -2.22. The van der Waals surface area contributed by atoms with Crippen LogP contribution in [-0.2, 0) is 27.4 Å². The quantitative estimate of drug-likeness (QED) is 0.758. The molecule has 0 spiro atoms. The number of ether oxygens (including phenoxy) is 2. The maximum absolute atomic E-state index is 11.6. The molecule has 7 nitrogen and oxygen atoms in total. The Labute approximate surface area is 159 Å². The van der Waals surface area contributed by atoms with Gasteiger partial charge in [0.15, 0.2) is 6.29 Å². The first kappa shape index (κ1) is 19.3. The molecule has 27 heavy (non-hydrogen) atoms. The number of nitrogens with one attached hydrogen (secondary N) is 1. The molecule has 0 saturated carbocycles. The van der Waals surface area contributed by atoms with Gasteiger partial charge in [0.1, 0.15) is 5.69 Å². The van der Waals surface area contributed by atoms with Gasteiger partial charge in [0.25, 0.3) is 0 Å². The van der Waals surface area contributed by atoms with Gasteiger partial charge >= 0.3 is 0 Å². The summed E-state index contributed by atoms with van der Waals surface area (Å²) in [5.74, 6) is -0.138. The van der Waals surface area contributed by atoms with E-state index in [0.29, 0.717) is 18.7 Å². The van der Waals surface area contributed by atoms with E-state index in [4.69, 9.17) is 9.47 Å². The molecule has 1 saturated heterocycles. The van der Waals surface area contributed by atoms with Crippen LogP contribution in [0.5, 0.6) is 0 Å². The zero-order valence-corrected chi connectivity index (χ0v) is 15.9. The van der Waals surface area contributed by atoms with E-state index in [9.17, 15) is 4.79 Å². The van der Waals surface area contributed by atoms with Crippen molar-refractivity contribution in [1.29, 1.82) is 0 Å². The first-order valence-corrected chi connectivity index (χ1v) is 9.21. The summed E-state index contributed by atoms with van der Waals surface area (Å²) in [6, 6.07) is 5.96. The van der Waals surface area contributed by atoms with Crippen LogP contribution in [0.15, 0.2) is 36.5 Å². The summed E-state index contributed by atoms with van der Waals surface area (Å²) in [6.45, 7) is 8.95. The molecule has 1 amide bonds. The van der Waals surface area contributed by atoms with Crippen LogP contribution >= 0.6 is 0 Å². The second kappa shape index (κ2) is 8.92. The van der Waals surface area contributed by atoms with Crippen molar-refractivity contribution in [3.8, 4) is 5.69 Å². The van der Waals surface area contributed by atoms with Gasteiger partial charge in [0.05, 0.1) is 18.5 Å². The van der Waals surface area contributed by atoms with E-state index in [-0.39, 0.29) is 12.2 Å². The van der Waals surface area contributed by atoms with Crippen LogP contribution < -0.4 is 5.32 Å². The first-order valence-electron chi connectivity index (χ1n) is 9.21. The van der Waals surface area contributed by atoms with Crippen molar-refractivity contribution in [2.45, 2.75) is 52.6 Å². The number of amides is 1. The van der Waals surface area contributed by atoms with Gasteiger partial charge < -0.3 is 14.8 Å². The van der Waals surface area contributed by atoms with Crippen molar-refractivity contribution < 1.29 is 14.3 Å². The van der Waals surface area contributed by atoms with Gasteiger partial charge in [0, 0.05) is 18.7 Å². The van der Waals surface area contributed by atoms with Crippen molar-refractivity contribution in [1.82, 2.24) is 20.3 Å². The zero-order valence-electron chi connectivity index (χ0n) is 15.9. The van der Waals surface area contributed by atoms with E-state index in [0.717, 1.165) is 48.4 Å². The average molecular weight is 370 g/mol. The summed E-state index contributed by atoms with van der Waals surface area (Å²) in [6.07, 6.45) is 4.88. The molecule has 1 atom stereocenters. The molecular formula is C20H26N4O3. The molecule has 7 heteroatoms. The number of carbonyl (C=O) groups is 1. The van der Waals surface area contributed by atoms with E-state index in [1.54, 1.807) is 11.6 Å². The maximum atomic E-state index is 11.6. The Morgan fingerprint density at radius 3 is 3.00 bits per heavy atom. The molecule has 1 fully saturated rings. The fourth-order valence-corrected chi connectivity index (χ4v) is 2.86. The molecule has 1 N–H and O–H groups in total. The minimum atomic E-state index is -0.139. The number of rotatable bonds is 7. The summed E-state index contributed by atoms with van der Waals surface area (Å²) >= 11 is 0. The fourth-order valence-electron chi connectivity index (χ4n) is 2.86. The number of aromatic nitrogens is 3.